The summed E-state index contributed by atoms with van der Waals surface area (Å²) < 4.78 is 27.1. The van der Waals surface area contributed by atoms with E-state index in [-0.39, 0.29) is 10.0 Å². The van der Waals surface area contributed by atoms with Crippen molar-refractivity contribution in [2.75, 3.05) is 0 Å². The van der Waals surface area contributed by atoms with Crippen molar-refractivity contribution in [1.29, 1.82) is 0 Å². The Morgan fingerprint density at radius 1 is 1.47 bits per heavy atom. The maximum atomic E-state index is 13.4. The van der Waals surface area contributed by atoms with Gasteiger partial charge in [-0.1, -0.05) is 6.58 Å². The molecule has 0 aliphatic rings. The van der Waals surface area contributed by atoms with E-state index < -0.39 is 17.7 Å². The average molecular weight is 342 g/mol. The Bertz CT molecular complexity index is 392. The van der Waals surface area contributed by atoms with E-state index in [1.165, 1.54) is 6.92 Å². The number of aliphatic hydroxyl groups is 1. The zero-order valence-corrected chi connectivity index (χ0v) is 11.0. The summed E-state index contributed by atoms with van der Waals surface area (Å²) >= 11 is 6.13. The van der Waals surface area contributed by atoms with E-state index in [9.17, 15) is 13.9 Å². The van der Waals surface area contributed by atoms with Crippen molar-refractivity contribution >= 4 is 31.9 Å². The van der Waals surface area contributed by atoms with Crippen LogP contribution >= 0.6 is 31.9 Å². The molecular formula is C10H8Br2F2O. The quantitative estimate of drug-likeness (QED) is 0.634. The number of rotatable bonds is 2. The van der Waals surface area contributed by atoms with E-state index >= 15 is 0 Å². The molecule has 1 nitrogen and oxygen atoms in total. The lowest BCUT2D eigenvalue weighted by molar-refractivity contribution is 0.208. The van der Waals surface area contributed by atoms with E-state index in [0.29, 0.717) is 10.0 Å². The topological polar surface area (TPSA) is 20.2 Å². The SMILES string of the molecule is C=C(C)C(O)c1c(F)c(F)cc(Br)c1Br. The predicted molar refractivity (Wildman–Crippen MR) is 61.5 cm³/mol. The maximum Gasteiger partial charge on any atom is 0.166 e. The molecule has 0 spiro atoms. The molecule has 15 heavy (non-hydrogen) atoms. The van der Waals surface area contributed by atoms with Crippen molar-refractivity contribution in [3.63, 3.8) is 0 Å². The zero-order valence-electron chi connectivity index (χ0n) is 7.82. The second-order valence-corrected chi connectivity index (χ2v) is 4.78. The summed E-state index contributed by atoms with van der Waals surface area (Å²) in [7, 11) is 0. The molecule has 1 N–H and O–H groups in total. The molecule has 1 rings (SSSR count). The lowest BCUT2D eigenvalue weighted by Crippen LogP contribution is -2.05. The van der Waals surface area contributed by atoms with Gasteiger partial charge in [-0.15, -0.1) is 0 Å². The number of hydrogen-bond acceptors (Lipinski definition) is 1. The fourth-order valence-corrected chi connectivity index (χ4v) is 2.00. The summed E-state index contributed by atoms with van der Waals surface area (Å²) in [6, 6.07) is 0.994. The summed E-state index contributed by atoms with van der Waals surface area (Å²) in [6.45, 7) is 5.03. The van der Waals surface area contributed by atoms with Gasteiger partial charge in [-0.05, 0) is 50.4 Å². The van der Waals surface area contributed by atoms with Gasteiger partial charge in [0.1, 0.15) is 6.10 Å². The van der Waals surface area contributed by atoms with Crippen LogP contribution in [-0.4, -0.2) is 5.11 Å². The number of benzene rings is 1. The maximum absolute atomic E-state index is 13.4. The molecule has 1 aromatic carbocycles. The van der Waals surface area contributed by atoms with Gasteiger partial charge in [0.25, 0.3) is 0 Å². The van der Waals surface area contributed by atoms with E-state index in [1.807, 2.05) is 0 Å². The Hall–Kier alpha value is -0.260. The van der Waals surface area contributed by atoms with E-state index in [1.54, 1.807) is 0 Å². The number of halogens is 4. The first-order valence-electron chi connectivity index (χ1n) is 4.02. The van der Waals surface area contributed by atoms with Crippen molar-refractivity contribution < 1.29 is 13.9 Å². The molecular weight excluding hydrogens is 334 g/mol. The number of aliphatic hydroxyl groups excluding tert-OH is 1. The zero-order chi connectivity index (χ0) is 11.7. The van der Waals surface area contributed by atoms with E-state index in [2.05, 4.69) is 38.4 Å². The van der Waals surface area contributed by atoms with Gasteiger partial charge in [0.05, 0.1) is 0 Å². The van der Waals surface area contributed by atoms with Crippen molar-refractivity contribution in [3.05, 3.63) is 44.4 Å². The van der Waals surface area contributed by atoms with Gasteiger partial charge in [0.2, 0.25) is 0 Å². The van der Waals surface area contributed by atoms with Crippen molar-refractivity contribution in [3.8, 4) is 0 Å². The standard InChI is InChI=1S/C10H8Br2F2O/c1-4(2)10(15)7-8(12)5(11)3-6(13)9(7)14/h3,10,15H,1H2,2H3. The Balaban J connectivity index is 3.45. The normalized spacial score (nSPS) is 12.7. The molecule has 0 heterocycles. The van der Waals surface area contributed by atoms with Crippen LogP contribution < -0.4 is 0 Å². The predicted octanol–water partition coefficient (Wildman–Crippen LogP) is 4.10. The van der Waals surface area contributed by atoms with Crippen LogP contribution in [0.5, 0.6) is 0 Å². The molecule has 0 fully saturated rings. The van der Waals surface area contributed by atoms with Gasteiger partial charge in [0.15, 0.2) is 11.6 Å². The monoisotopic (exact) mass is 340 g/mol. The van der Waals surface area contributed by atoms with Crippen molar-refractivity contribution in [2.45, 2.75) is 13.0 Å². The molecule has 1 unspecified atom stereocenters. The van der Waals surface area contributed by atoms with Crippen LogP contribution in [0.2, 0.25) is 0 Å². The molecule has 82 valence electrons. The molecule has 0 saturated carbocycles. The van der Waals surface area contributed by atoms with Gasteiger partial charge in [0, 0.05) is 14.5 Å². The highest BCUT2D eigenvalue weighted by atomic mass is 79.9. The fourth-order valence-electron chi connectivity index (χ4n) is 1.08. The second kappa shape index (κ2) is 4.72. The van der Waals surface area contributed by atoms with Crippen molar-refractivity contribution in [1.82, 2.24) is 0 Å². The highest BCUT2D eigenvalue weighted by Gasteiger charge is 2.22. The first kappa shape index (κ1) is 12.8. The lowest BCUT2D eigenvalue weighted by Gasteiger charge is -2.15. The molecule has 5 heteroatoms. The van der Waals surface area contributed by atoms with Crippen LogP contribution in [0.1, 0.15) is 18.6 Å². The smallest absolute Gasteiger partial charge is 0.166 e. The largest absolute Gasteiger partial charge is 0.384 e. The van der Waals surface area contributed by atoms with Crippen LogP contribution in [0.15, 0.2) is 27.2 Å². The summed E-state index contributed by atoms with van der Waals surface area (Å²) in [6.07, 6.45) is -1.23. The van der Waals surface area contributed by atoms with Crippen LogP contribution in [0.3, 0.4) is 0 Å². The summed E-state index contributed by atoms with van der Waals surface area (Å²) in [5.41, 5.74) is 0.196. The third-order valence-corrected chi connectivity index (χ3v) is 3.90. The third kappa shape index (κ3) is 2.46. The first-order chi connectivity index (χ1) is 6.86. The summed E-state index contributed by atoms with van der Waals surface area (Å²) in [5.74, 6) is -2.08. The second-order valence-electron chi connectivity index (χ2n) is 3.13. The molecule has 0 radical (unpaired) electrons. The van der Waals surface area contributed by atoms with Crippen molar-refractivity contribution in [2.24, 2.45) is 0 Å². The minimum atomic E-state index is -1.23. The summed E-state index contributed by atoms with van der Waals surface area (Å²) in [4.78, 5) is 0. The van der Waals surface area contributed by atoms with Gasteiger partial charge in [-0.2, -0.15) is 0 Å². The molecule has 0 amide bonds. The van der Waals surface area contributed by atoms with Crippen LogP contribution in [0, 0.1) is 11.6 Å². The van der Waals surface area contributed by atoms with Crippen LogP contribution in [-0.2, 0) is 0 Å². The summed E-state index contributed by atoms with van der Waals surface area (Å²) in [5, 5.41) is 9.65. The molecule has 1 atom stereocenters. The van der Waals surface area contributed by atoms with E-state index in [0.717, 1.165) is 6.07 Å². The molecule has 0 bridgehead atoms. The highest BCUT2D eigenvalue weighted by molar-refractivity contribution is 9.13. The molecule has 0 aromatic heterocycles. The minimum Gasteiger partial charge on any atom is -0.384 e. The van der Waals surface area contributed by atoms with Crippen LogP contribution in [0.25, 0.3) is 0 Å². The Morgan fingerprint density at radius 2 is 2.00 bits per heavy atom. The van der Waals surface area contributed by atoms with Gasteiger partial charge in [-0.3, -0.25) is 0 Å². The van der Waals surface area contributed by atoms with E-state index in [4.69, 9.17) is 0 Å². The Labute approximate surface area is 103 Å². The molecule has 1 aromatic rings. The molecule has 0 aliphatic heterocycles. The fraction of sp³-hybridized carbons (Fsp3) is 0.200. The first-order valence-corrected chi connectivity index (χ1v) is 5.61. The number of hydrogen-bond donors (Lipinski definition) is 1. The third-order valence-electron chi connectivity index (χ3n) is 1.89. The van der Waals surface area contributed by atoms with Gasteiger partial charge >= 0.3 is 0 Å². The van der Waals surface area contributed by atoms with Gasteiger partial charge in [-0.25, -0.2) is 8.78 Å². The molecule has 0 saturated heterocycles. The highest BCUT2D eigenvalue weighted by Crippen LogP contribution is 2.36. The van der Waals surface area contributed by atoms with Gasteiger partial charge < -0.3 is 5.11 Å². The Kier molecular flexibility index (Phi) is 4.03. The Morgan fingerprint density at radius 3 is 2.47 bits per heavy atom. The average Bonchev–Trinajstić information content (AvgIpc) is 2.15. The lowest BCUT2D eigenvalue weighted by atomic mass is 10.0. The minimum absolute atomic E-state index is 0.144. The molecule has 0 aliphatic carbocycles. The van der Waals surface area contributed by atoms with Crippen LogP contribution in [0.4, 0.5) is 8.78 Å².